The monoisotopic (exact) mass is 313 g/mol. The molecule has 0 radical (unpaired) electrons. The fourth-order valence-corrected chi connectivity index (χ4v) is 3.29. The van der Waals surface area contributed by atoms with Gasteiger partial charge in [-0.05, 0) is 31.5 Å². The maximum atomic E-state index is 12.3. The van der Waals surface area contributed by atoms with Crippen LogP contribution >= 0.6 is 23.6 Å². The maximum Gasteiger partial charge on any atom is 0.272 e. The van der Waals surface area contributed by atoms with Gasteiger partial charge in [-0.1, -0.05) is 17.4 Å². The van der Waals surface area contributed by atoms with Crippen molar-refractivity contribution in [1.29, 1.82) is 0 Å². The van der Waals surface area contributed by atoms with Crippen molar-refractivity contribution in [3.05, 3.63) is 33.3 Å². The molecular formula is C13H16FN3OS2. The van der Waals surface area contributed by atoms with Gasteiger partial charge in [-0.25, -0.2) is 4.98 Å². The Bertz CT molecular complexity index is 716. The first kappa shape index (κ1) is 15.1. The Labute approximate surface area is 125 Å². The summed E-state index contributed by atoms with van der Waals surface area (Å²) >= 11 is 6.52. The van der Waals surface area contributed by atoms with E-state index in [1.807, 2.05) is 0 Å². The van der Waals surface area contributed by atoms with E-state index in [1.54, 1.807) is 21.5 Å². The molecule has 2 heterocycles. The quantitative estimate of drug-likeness (QED) is 0.447. The molecular weight excluding hydrogens is 297 g/mol. The van der Waals surface area contributed by atoms with Crippen LogP contribution in [0.4, 0.5) is 4.39 Å². The number of allylic oxidation sites excluding steroid dienone is 1. The Hall–Kier alpha value is -1.34. The number of aromatic nitrogens is 3. The Balaban J connectivity index is 2.32. The highest BCUT2D eigenvalue weighted by Gasteiger charge is 2.11. The first-order chi connectivity index (χ1) is 9.69. The smallest absolute Gasteiger partial charge is 0.272 e. The van der Waals surface area contributed by atoms with Crippen LogP contribution in [0, 0.1) is 3.95 Å². The Kier molecular flexibility index (Phi) is 5.19. The summed E-state index contributed by atoms with van der Waals surface area (Å²) in [5.74, 6) is 0. The van der Waals surface area contributed by atoms with Gasteiger partial charge >= 0.3 is 0 Å². The number of aryl methyl sites for hydroxylation is 1. The molecule has 2 rings (SSSR count). The van der Waals surface area contributed by atoms with Crippen molar-refractivity contribution < 1.29 is 4.39 Å². The molecule has 0 aliphatic heterocycles. The number of fused-ring (bicyclic) bond motifs is 1. The van der Waals surface area contributed by atoms with Crippen LogP contribution in [-0.4, -0.2) is 20.8 Å². The summed E-state index contributed by atoms with van der Waals surface area (Å²) < 4.78 is 16.6. The van der Waals surface area contributed by atoms with Gasteiger partial charge < -0.3 is 4.57 Å². The van der Waals surface area contributed by atoms with Gasteiger partial charge in [0.1, 0.15) is 4.70 Å². The van der Waals surface area contributed by atoms with Crippen LogP contribution in [0.2, 0.25) is 0 Å². The van der Waals surface area contributed by atoms with Gasteiger partial charge in [-0.3, -0.25) is 13.8 Å². The van der Waals surface area contributed by atoms with E-state index in [2.05, 4.69) is 11.6 Å². The number of rotatable bonds is 7. The average Bonchev–Trinajstić information content (AvgIpc) is 2.75. The molecule has 108 valence electrons. The minimum absolute atomic E-state index is 0.0749. The third-order valence-corrected chi connectivity index (χ3v) is 4.41. The van der Waals surface area contributed by atoms with Gasteiger partial charge in [0, 0.05) is 13.1 Å². The summed E-state index contributed by atoms with van der Waals surface area (Å²) in [5.41, 5.74) is 0.541. The largest absolute Gasteiger partial charge is 0.304 e. The van der Waals surface area contributed by atoms with E-state index < -0.39 is 0 Å². The lowest BCUT2D eigenvalue weighted by Gasteiger charge is -2.05. The van der Waals surface area contributed by atoms with Crippen LogP contribution in [0.3, 0.4) is 0 Å². The molecule has 7 heteroatoms. The summed E-state index contributed by atoms with van der Waals surface area (Å²) in [4.78, 5) is 16.7. The fourth-order valence-electron chi connectivity index (χ4n) is 1.97. The van der Waals surface area contributed by atoms with Crippen LogP contribution in [0.15, 0.2) is 23.8 Å². The molecule has 0 unspecified atom stereocenters. The number of alkyl halides is 1. The number of hydrogen-bond donors (Lipinski definition) is 0. The number of halogens is 1. The average molecular weight is 313 g/mol. The van der Waals surface area contributed by atoms with Gasteiger partial charge in [-0.2, -0.15) is 0 Å². The van der Waals surface area contributed by atoms with Crippen LogP contribution in [-0.2, 0) is 13.1 Å². The van der Waals surface area contributed by atoms with Crippen LogP contribution < -0.4 is 5.56 Å². The lowest BCUT2D eigenvalue weighted by atomic mass is 10.2. The van der Waals surface area contributed by atoms with Crippen LogP contribution in [0.5, 0.6) is 0 Å². The molecule has 0 atom stereocenters. The van der Waals surface area contributed by atoms with E-state index in [9.17, 15) is 9.18 Å². The van der Waals surface area contributed by atoms with Crippen molar-refractivity contribution in [1.82, 2.24) is 14.1 Å². The van der Waals surface area contributed by atoms with Gasteiger partial charge in [0.2, 0.25) is 0 Å². The molecule has 0 aliphatic carbocycles. The molecule has 0 saturated heterocycles. The summed E-state index contributed by atoms with van der Waals surface area (Å²) in [6.45, 7) is 4.48. The van der Waals surface area contributed by atoms with Gasteiger partial charge in [0.05, 0.1) is 13.0 Å². The molecule has 0 N–H and O–H groups in total. The highest BCUT2D eigenvalue weighted by molar-refractivity contribution is 7.73. The molecule has 4 nitrogen and oxygen atoms in total. The molecule has 0 aliphatic rings. The summed E-state index contributed by atoms with van der Waals surface area (Å²) in [7, 11) is 0. The van der Waals surface area contributed by atoms with E-state index in [0.29, 0.717) is 33.8 Å². The van der Waals surface area contributed by atoms with E-state index in [4.69, 9.17) is 12.2 Å². The highest BCUT2D eigenvalue weighted by Crippen LogP contribution is 2.17. The van der Waals surface area contributed by atoms with Crippen molar-refractivity contribution >= 4 is 33.9 Å². The normalized spacial score (nSPS) is 11.1. The van der Waals surface area contributed by atoms with Crippen molar-refractivity contribution in [2.45, 2.75) is 32.4 Å². The lowest BCUT2D eigenvalue weighted by Crippen LogP contribution is -2.20. The lowest BCUT2D eigenvalue weighted by molar-refractivity contribution is 0.446. The maximum absolute atomic E-state index is 12.3. The first-order valence-electron chi connectivity index (χ1n) is 6.44. The van der Waals surface area contributed by atoms with Crippen LogP contribution in [0.25, 0.3) is 10.3 Å². The first-order valence-corrected chi connectivity index (χ1v) is 7.67. The fraction of sp³-hybridized carbons (Fsp3) is 0.462. The van der Waals surface area contributed by atoms with Gasteiger partial charge in [-0.15, -0.1) is 6.58 Å². The third kappa shape index (κ3) is 3.04. The van der Waals surface area contributed by atoms with Gasteiger partial charge in [0.25, 0.3) is 5.56 Å². The van der Waals surface area contributed by atoms with Crippen molar-refractivity contribution in [2.75, 3.05) is 6.67 Å². The Morgan fingerprint density at radius 3 is 2.95 bits per heavy atom. The van der Waals surface area contributed by atoms with E-state index in [1.165, 1.54) is 11.3 Å². The van der Waals surface area contributed by atoms with Crippen LogP contribution in [0.1, 0.15) is 19.3 Å². The van der Waals surface area contributed by atoms with E-state index in [0.717, 1.165) is 12.8 Å². The zero-order valence-electron chi connectivity index (χ0n) is 11.0. The third-order valence-electron chi connectivity index (χ3n) is 2.99. The van der Waals surface area contributed by atoms with E-state index in [-0.39, 0.29) is 12.2 Å². The number of hydrogen-bond acceptors (Lipinski definition) is 4. The zero-order chi connectivity index (χ0) is 14.5. The topological polar surface area (TPSA) is 39.8 Å². The van der Waals surface area contributed by atoms with Crippen molar-refractivity contribution in [3.8, 4) is 0 Å². The van der Waals surface area contributed by atoms with Gasteiger partial charge in [0.15, 0.2) is 9.60 Å². The standard InChI is InChI=1S/C13H16FN3OS2/c1-2-7-17-11-10(20-13(17)19)12(18)16(9-15-11)8-5-3-4-6-14/h2,9H,1,3-8H2. The molecule has 20 heavy (non-hydrogen) atoms. The SMILES string of the molecule is C=CCn1c(=S)sc2c(=O)n(CCCCCF)cnc21. The molecule has 0 spiro atoms. The molecule has 0 amide bonds. The molecule has 0 aromatic carbocycles. The molecule has 0 saturated carbocycles. The minimum Gasteiger partial charge on any atom is -0.304 e. The summed E-state index contributed by atoms with van der Waals surface area (Å²) in [6.07, 6.45) is 5.36. The number of thiazole rings is 1. The summed E-state index contributed by atoms with van der Waals surface area (Å²) in [5, 5.41) is 0. The second-order valence-electron chi connectivity index (χ2n) is 4.41. The van der Waals surface area contributed by atoms with Crippen molar-refractivity contribution in [2.24, 2.45) is 0 Å². The molecule has 2 aromatic heterocycles. The van der Waals surface area contributed by atoms with E-state index >= 15 is 0 Å². The highest BCUT2D eigenvalue weighted by atomic mass is 32.1. The predicted molar refractivity (Wildman–Crippen MR) is 82.7 cm³/mol. The zero-order valence-corrected chi connectivity index (χ0v) is 12.7. The van der Waals surface area contributed by atoms with Crippen molar-refractivity contribution in [3.63, 3.8) is 0 Å². The number of nitrogens with zero attached hydrogens (tertiary/aromatic N) is 3. The molecule has 0 fully saturated rings. The Morgan fingerprint density at radius 2 is 2.25 bits per heavy atom. The molecule has 0 bridgehead atoms. The number of unbranched alkanes of at least 4 members (excludes halogenated alkanes) is 2. The summed E-state index contributed by atoms with van der Waals surface area (Å²) in [6, 6.07) is 0. The molecule has 2 aromatic rings. The second kappa shape index (κ2) is 6.90. The Morgan fingerprint density at radius 1 is 1.45 bits per heavy atom. The minimum atomic E-state index is -0.308. The second-order valence-corrected chi connectivity index (χ2v) is 6.06. The predicted octanol–water partition coefficient (Wildman–Crippen LogP) is 3.31.